The summed E-state index contributed by atoms with van der Waals surface area (Å²) in [7, 11) is 6.29. The first kappa shape index (κ1) is 58.7. The van der Waals surface area contributed by atoms with Crippen molar-refractivity contribution in [3.8, 4) is 0 Å². The molecule has 0 aliphatic carbocycles. The molecule has 0 saturated carbocycles. The second-order valence-corrected chi connectivity index (χ2v) is 13.9. The van der Waals surface area contributed by atoms with Crippen LogP contribution in [0.4, 0.5) is 0 Å². The number of carbonyl (C=O) groups excluding carboxylic acids is 1. The van der Waals surface area contributed by atoms with Gasteiger partial charge in [0.25, 0.3) is 0 Å². The number of rotatable bonds is 1. The quantitative estimate of drug-likeness (QED) is 0.256. The summed E-state index contributed by atoms with van der Waals surface area (Å²) in [6, 6.07) is 0. The Balaban J connectivity index is -0.0000000244. The average molecular weight is 619 g/mol. The second-order valence-electron chi connectivity index (χ2n) is 5.06. The summed E-state index contributed by atoms with van der Waals surface area (Å²) in [6.07, 6.45) is 8.64. The Morgan fingerprint density at radius 3 is 0.933 bits per heavy atom. The van der Waals surface area contributed by atoms with Crippen LogP contribution in [0.25, 0.3) is 0 Å². The summed E-state index contributed by atoms with van der Waals surface area (Å²) >= 11 is 17.5. The van der Waals surface area contributed by atoms with Crippen molar-refractivity contribution < 1.29 is 61.3 Å². The van der Waals surface area contributed by atoms with Crippen LogP contribution in [0.2, 0.25) is 0 Å². The zero-order chi connectivity index (χ0) is 24.3. The van der Waals surface area contributed by atoms with Crippen LogP contribution < -0.4 is 56.5 Å². The second kappa shape index (κ2) is 76.9. The number of unbranched alkanes of at least 4 members (excludes halogenated alkanes) is 1. The maximum absolute atomic E-state index is 10.1. The molecule has 2 nitrogen and oxygen atoms in total. The summed E-state index contributed by atoms with van der Waals surface area (Å²) in [5.41, 5.74) is -0.750. The fraction of sp³-hybridized carbons (Fsp3) is 0.833. The molecule has 0 saturated heterocycles. The van der Waals surface area contributed by atoms with Crippen molar-refractivity contribution in [1.82, 2.24) is 0 Å². The molecule has 0 fully saturated rings. The third-order valence-electron chi connectivity index (χ3n) is 0.917. The van der Waals surface area contributed by atoms with Gasteiger partial charge in [-0.15, -0.1) is 5.60 Å². The summed E-state index contributed by atoms with van der Waals surface area (Å²) in [4.78, 5) is 8.81. The molecule has 0 heterocycles. The van der Waals surface area contributed by atoms with Crippen LogP contribution in [0.15, 0.2) is 12.2 Å². The van der Waals surface area contributed by atoms with Gasteiger partial charge in [-0.25, -0.2) is 0 Å². The standard InChI is InChI=1S/C4H9O.C4H10.C4H8.C3H8.C2H4O.CH4.K.S5.S4/c1-4(2,3)5;2*1-3-4-2;1-3-2;1-2-3;;;1-3-5-4-2;1-3-4-2/h1-3H3;3-4H2,1-2H3;3-4H,1-2H3;3H2,1-2H3;2H,1H3;1H4;;;/q-1;;;;;;+1;;. The molecule has 0 rings (SSSR count). The van der Waals surface area contributed by atoms with Crippen molar-refractivity contribution in [2.45, 2.75) is 102 Å². The van der Waals surface area contributed by atoms with Gasteiger partial charge in [-0.1, -0.05) is 87.3 Å². The van der Waals surface area contributed by atoms with Crippen LogP contribution in [0.1, 0.15) is 95.9 Å². The van der Waals surface area contributed by atoms with E-state index in [2.05, 4.69) is 72.4 Å². The fourth-order valence-corrected chi connectivity index (χ4v) is 2.76. The molecule has 0 aromatic heterocycles. The SMILES string of the molecule is C.CC(C)(C)[O-].CC=CC.CC=O.CCC.CCCC.S=S=S=S.S=S=S=S=S.[K+]. The molecule has 0 amide bonds. The first-order valence-corrected chi connectivity index (χ1v) is 17.8. The van der Waals surface area contributed by atoms with E-state index >= 15 is 0 Å². The van der Waals surface area contributed by atoms with E-state index in [-0.39, 0.29) is 58.8 Å². The van der Waals surface area contributed by atoms with Crippen molar-refractivity contribution >= 4 is 95.4 Å². The van der Waals surface area contributed by atoms with Crippen LogP contribution in [0.3, 0.4) is 0 Å². The first-order valence-electron chi connectivity index (χ1n) is 8.50. The van der Waals surface area contributed by atoms with Gasteiger partial charge in [-0.3, -0.25) is 0 Å². The van der Waals surface area contributed by atoms with Crippen LogP contribution in [0.5, 0.6) is 0 Å². The van der Waals surface area contributed by atoms with Crippen LogP contribution in [0, 0.1) is 0 Å². The zero-order valence-electron chi connectivity index (χ0n) is 19.8. The summed E-state index contributed by atoms with van der Waals surface area (Å²) in [5, 5.41) is 10.1. The fourth-order valence-electron chi connectivity index (χ4n) is 0.0113. The summed E-state index contributed by atoms with van der Waals surface area (Å²) in [5.74, 6) is 0. The number of allylic oxidation sites excluding steroid dienone is 2. The molecule has 0 unspecified atom stereocenters. The molecule has 0 N–H and O–H groups in total. The van der Waals surface area contributed by atoms with Gasteiger partial charge in [0.15, 0.2) is 0 Å². The molecule has 0 aliphatic rings. The molecular weight excluding hydrogens is 576 g/mol. The van der Waals surface area contributed by atoms with Crippen molar-refractivity contribution in [1.29, 1.82) is 0 Å². The van der Waals surface area contributed by atoms with Gasteiger partial charge in [0.2, 0.25) is 0 Å². The zero-order valence-corrected chi connectivity index (χ0v) is 30.3. The molecule has 12 heteroatoms. The van der Waals surface area contributed by atoms with Crippen molar-refractivity contribution in [2.24, 2.45) is 0 Å². The van der Waals surface area contributed by atoms with Crippen molar-refractivity contribution in [3.05, 3.63) is 12.2 Å². The number of carbonyl (C=O) groups is 1. The Morgan fingerprint density at radius 1 is 0.767 bits per heavy atom. The molecule has 0 aromatic carbocycles. The Bertz CT molecular complexity index is 433. The molecule has 0 atom stereocenters. The third kappa shape index (κ3) is 437. The van der Waals surface area contributed by atoms with E-state index in [1.807, 2.05) is 26.0 Å². The monoisotopic (exact) mass is 618 g/mol. The van der Waals surface area contributed by atoms with Gasteiger partial charge >= 0.3 is 51.4 Å². The Morgan fingerprint density at radius 2 is 0.933 bits per heavy atom. The normalized spacial score (nSPS) is 6.90. The number of hydrogen-bond donors (Lipinski definition) is 0. The van der Waals surface area contributed by atoms with Gasteiger partial charge < -0.3 is 9.90 Å². The number of aldehydes is 1. The van der Waals surface area contributed by atoms with Gasteiger partial charge in [0.05, 0.1) is 0 Å². The van der Waals surface area contributed by atoms with Crippen LogP contribution in [-0.2, 0) is 93.9 Å². The largest absolute Gasteiger partial charge is 1.00 e. The minimum Gasteiger partial charge on any atom is -0.850 e. The van der Waals surface area contributed by atoms with E-state index in [4.69, 9.17) is 4.79 Å². The third-order valence-corrected chi connectivity index (χ3v) is 7.58. The van der Waals surface area contributed by atoms with Crippen molar-refractivity contribution in [2.75, 3.05) is 0 Å². The molecule has 0 spiro atoms. The minimum atomic E-state index is -0.750. The molecular formula is C18H43KO2S9. The maximum atomic E-state index is 10.1. The van der Waals surface area contributed by atoms with E-state index < -0.39 is 5.60 Å². The minimum absolute atomic E-state index is 0. The predicted molar refractivity (Wildman–Crippen MR) is 162 cm³/mol. The maximum Gasteiger partial charge on any atom is 1.00 e. The van der Waals surface area contributed by atoms with E-state index in [1.165, 1.54) is 70.6 Å². The van der Waals surface area contributed by atoms with Gasteiger partial charge in [0, 0.05) is 89.2 Å². The van der Waals surface area contributed by atoms with Gasteiger partial charge in [0.1, 0.15) is 6.29 Å². The Labute approximate surface area is 266 Å². The van der Waals surface area contributed by atoms with E-state index in [0.29, 0.717) is 0 Å². The van der Waals surface area contributed by atoms with Crippen LogP contribution in [-0.4, -0.2) is 11.9 Å². The predicted octanol–water partition coefficient (Wildman–Crippen LogP) is 2.77. The smallest absolute Gasteiger partial charge is 0.850 e. The molecule has 0 bridgehead atoms. The Hall–Kier alpha value is 2.99. The average Bonchev–Trinajstić information content (AvgIpc) is 2.63. The van der Waals surface area contributed by atoms with E-state index in [1.54, 1.807) is 20.8 Å². The topological polar surface area (TPSA) is 40.1 Å². The summed E-state index contributed by atoms with van der Waals surface area (Å²) < 4.78 is 0. The first-order chi connectivity index (χ1) is 13.0. The van der Waals surface area contributed by atoms with Gasteiger partial charge in [-0.05, 0) is 20.8 Å². The molecule has 182 valence electrons. The molecule has 0 radical (unpaired) electrons. The summed E-state index contributed by atoms with van der Waals surface area (Å²) in [6.45, 7) is 19.0. The molecule has 0 aliphatic heterocycles. The van der Waals surface area contributed by atoms with Crippen molar-refractivity contribution in [3.63, 3.8) is 0 Å². The molecule has 30 heavy (non-hydrogen) atoms. The van der Waals surface area contributed by atoms with E-state index in [0.717, 1.165) is 6.29 Å². The number of hydrogen-bond acceptors (Lipinski definition) is 6. The van der Waals surface area contributed by atoms with Gasteiger partial charge in [-0.2, -0.15) is 0 Å². The molecule has 0 aromatic rings. The van der Waals surface area contributed by atoms with Crippen LogP contribution >= 0.6 is 0 Å². The van der Waals surface area contributed by atoms with E-state index in [9.17, 15) is 5.11 Å². The Kier molecular flexibility index (Phi) is 150.